The standard InChI is InChI=1S/C40H31NO4/c42-39(43)28-22-32-12-6-30(7-13-32)10-16-34-18-24-37(25-19-34)41(36-4-2-1-3-5-36)38-26-20-35(21-27-38)17-11-31-8-14-33(15-9-31)23-29-40(44)45/h1-29H,(H,42,43)(H,44,45). The van der Waals surface area contributed by atoms with Crippen molar-refractivity contribution in [2.24, 2.45) is 0 Å². The summed E-state index contributed by atoms with van der Waals surface area (Å²) in [5.41, 5.74) is 8.97. The van der Waals surface area contributed by atoms with Crippen LogP contribution in [0.4, 0.5) is 17.1 Å². The second-order valence-corrected chi connectivity index (χ2v) is 10.2. The van der Waals surface area contributed by atoms with Gasteiger partial charge in [-0.05, 0) is 81.9 Å². The van der Waals surface area contributed by atoms with E-state index in [2.05, 4.69) is 77.7 Å². The summed E-state index contributed by atoms with van der Waals surface area (Å²) in [7, 11) is 0. The Morgan fingerprint density at radius 3 is 0.956 bits per heavy atom. The van der Waals surface area contributed by atoms with E-state index in [4.69, 9.17) is 10.2 Å². The average Bonchev–Trinajstić information content (AvgIpc) is 3.07. The minimum Gasteiger partial charge on any atom is -0.478 e. The number of nitrogens with zero attached hydrogens (tertiary/aromatic N) is 1. The molecular weight excluding hydrogens is 558 g/mol. The van der Waals surface area contributed by atoms with Crippen LogP contribution in [0.3, 0.4) is 0 Å². The lowest BCUT2D eigenvalue weighted by atomic mass is 10.1. The van der Waals surface area contributed by atoms with Crippen molar-refractivity contribution >= 4 is 65.5 Å². The molecule has 5 nitrogen and oxygen atoms in total. The molecule has 0 saturated heterocycles. The van der Waals surface area contributed by atoms with E-state index in [-0.39, 0.29) is 0 Å². The fourth-order valence-electron chi connectivity index (χ4n) is 4.65. The van der Waals surface area contributed by atoms with Gasteiger partial charge in [0.15, 0.2) is 0 Å². The lowest BCUT2D eigenvalue weighted by Gasteiger charge is -2.25. The number of carboxylic acids is 2. The predicted octanol–water partition coefficient (Wildman–Crippen LogP) is 9.69. The highest BCUT2D eigenvalue weighted by Crippen LogP contribution is 2.34. The first-order valence-electron chi connectivity index (χ1n) is 14.4. The molecule has 0 aliphatic rings. The zero-order chi connectivity index (χ0) is 31.4. The van der Waals surface area contributed by atoms with Crippen LogP contribution in [0.1, 0.15) is 33.4 Å². The molecule has 220 valence electrons. The molecule has 0 aliphatic heterocycles. The summed E-state index contributed by atoms with van der Waals surface area (Å²) >= 11 is 0. The van der Waals surface area contributed by atoms with Crippen LogP contribution in [0.2, 0.25) is 0 Å². The minimum absolute atomic E-state index is 0.836. The number of anilines is 3. The molecule has 0 spiro atoms. The number of carbonyl (C=O) groups is 2. The summed E-state index contributed by atoms with van der Waals surface area (Å²) in [5.74, 6) is -1.93. The first kappa shape index (κ1) is 30.3. The Labute approximate surface area is 262 Å². The Kier molecular flexibility index (Phi) is 9.96. The van der Waals surface area contributed by atoms with E-state index >= 15 is 0 Å². The fourth-order valence-corrected chi connectivity index (χ4v) is 4.65. The van der Waals surface area contributed by atoms with Crippen LogP contribution in [-0.2, 0) is 9.59 Å². The Hall–Kier alpha value is -6.20. The van der Waals surface area contributed by atoms with Crippen LogP contribution < -0.4 is 4.90 Å². The summed E-state index contributed by atoms with van der Waals surface area (Å²) in [6.45, 7) is 0. The van der Waals surface area contributed by atoms with E-state index in [0.717, 1.165) is 62.6 Å². The topological polar surface area (TPSA) is 77.8 Å². The maximum Gasteiger partial charge on any atom is 0.328 e. The number of carboxylic acid groups (broad SMARTS) is 2. The third kappa shape index (κ3) is 8.89. The largest absolute Gasteiger partial charge is 0.478 e. The lowest BCUT2D eigenvalue weighted by molar-refractivity contribution is -0.132. The maximum atomic E-state index is 10.7. The van der Waals surface area contributed by atoms with Crippen molar-refractivity contribution in [1.82, 2.24) is 0 Å². The summed E-state index contributed by atoms with van der Waals surface area (Å²) in [6, 6.07) is 42.4. The Morgan fingerprint density at radius 2 is 0.644 bits per heavy atom. The third-order valence-corrected chi connectivity index (χ3v) is 6.96. The third-order valence-electron chi connectivity index (χ3n) is 6.96. The normalized spacial score (nSPS) is 11.6. The zero-order valence-electron chi connectivity index (χ0n) is 24.4. The van der Waals surface area contributed by atoms with Crippen molar-refractivity contribution in [1.29, 1.82) is 0 Å². The molecule has 0 bridgehead atoms. The average molecular weight is 590 g/mol. The van der Waals surface area contributed by atoms with Gasteiger partial charge in [0.2, 0.25) is 0 Å². The molecule has 5 rings (SSSR count). The van der Waals surface area contributed by atoms with E-state index in [0.29, 0.717) is 0 Å². The Balaban J connectivity index is 1.30. The van der Waals surface area contributed by atoms with Crippen molar-refractivity contribution in [2.75, 3.05) is 4.90 Å². The van der Waals surface area contributed by atoms with E-state index < -0.39 is 11.9 Å². The highest BCUT2D eigenvalue weighted by molar-refractivity contribution is 5.86. The molecule has 0 saturated carbocycles. The number of aliphatic carboxylic acids is 2. The smallest absolute Gasteiger partial charge is 0.328 e. The second-order valence-electron chi connectivity index (χ2n) is 10.2. The number of rotatable bonds is 11. The highest BCUT2D eigenvalue weighted by Gasteiger charge is 2.11. The SMILES string of the molecule is O=C(O)C=Cc1ccc(C=Cc2ccc(N(c3ccccc3)c3ccc(C=Cc4ccc(C=CC(=O)O)cc4)cc3)cc2)cc1. The zero-order valence-corrected chi connectivity index (χ0v) is 24.4. The lowest BCUT2D eigenvalue weighted by Crippen LogP contribution is -2.09. The summed E-state index contributed by atoms with van der Waals surface area (Å²) < 4.78 is 0. The molecule has 0 aromatic heterocycles. The van der Waals surface area contributed by atoms with Gasteiger partial charge < -0.3 is 15.1 Å². The van der Waals surface area contributed by atoms with Crippen LogP contribution in [0.25, 0.3) is 36.5 Å². The van der Waals surface area contributed by atoms with Crippen LogP contribution in [0.15, 0.2) is 140 Å². The highest BCUT2D eigenvalue weighted by atomic mass is 16.4. The molecule has 2 N–H and O–H groups in total. The van der Waals surface area contributed by atoms with Gasteiger partial charge in [-0.15, -0.1) is 0 Å². The van der Waals surface area contributed by atoms with Gasteiger partial charge in [0.25, 0.3) is 0 Å². The van der Waals surface area contributed by atoms with Gasteiger partial charge in [-0.3, -0.25) is 0 Å². The molecule has 0 amide bonds. The van der Waals surface area contributed by atoms with E-state index in [1.165, 1.54) is 0 Å². The van der Waals surface area contributed by atoms with E-state index in [1.807, 2.05) is 78.9 Å². The molecule has 5 heteroatoms. The molecule has 0 heterocycles. The fraction of sp³-hybridized carbons (Fsp3) is 0. The molecule has 5 aromatic rings. The van der Waals surface area contributed by atoms with Crippen LogP contribution >= 0.6 is 0 Å². The van der Waals surface area contributed by atoms with Gasteiger partial charge in [0.05, 0.1) is 0 Å². The number of para-hydroxylation sites is 1. The molecule has 0 aliphatic carbocycles. The summed E-state index contributed by atoms with van der Waals surface area (Å²) in [6.07, 6.45) is 13.6. The van der Waals surface area contributed by atoms with E-state index in [9.17, 15) is 9.59 Å². The maximum absolute atomic E-state index is 10.7. The monoisotopic (exact) mass is 589 g/mol. The molecule has 45 heavy (non-hydrogen) atoms. The Bertz CT molecular complexity index is 1730. The van der Waals surface area contributed by atoms with Crippen molar-refractivity contribution in [3.05, 3.63) is 173 Å². The van der Waals surface area contributed by atoms with Gasteiger partial charge >= 0.3 is 11.9 Å². The van der Waals surface area contributed by atoms with Crippen LogP contribution in [0.5, 0.6) is 0 Å². The second kappa shape index (κ2) is 14.8. The first-order valence-corrected chi connectivity index (χ1v) is 14.4. The molecule has 5 aromatic carbocycles. The number of hydrogen-bond acceptors (Lipinski definition) is 3. The van der Waals surface area contributed by atoms with Crippen LogP contribution in [0, 0.1) is 0 Å². The number of benzene rings is 5. The van der Waals surface area contributed by atoms with Crippen molar-refractivity contribution < 1.29 is 19.8 Å². The summed E-state index contributed by atoms with van der Waals surface area (Å²) in [4.78, 5) is 23.7. The molecule has 0 atom stereocenters. The van der Waals surface area contributed by atoms with Crippen molar-refractivity contribution in [3.63, 3.8) is 0 Å². The van der Waals surface area contributed by atoms with Gasteiger partial charge in [0, 0.05) is 29.2 Å². The van der Waals surface area contributed by atoms with Crippen LogP contribution in [-0.4, -0.2) is 22.2 Å². The molecule has 0 fully saturated rings. The van der Waals surface area contributed by atoms with Crippen molar-refractivity contribution in [2.45, 2.75) is 0 Å². The van der Waals surface area contributed by atoms with E-state index in [1.54, 1.807) is 12.2 Å². The number of hydrogen-bond donors (Lipinski definition) is 2. The minimum atomic E-state index is -0.965. The predicted molar refractivity (Wildman–Crippen MR) is 185 cm³/mol. The quantitative estimate of drug-likeness (QED) is 0.118. The van der Waals surface area contributed by atoms with Gasteiger partial charge in [-0.2, -0.15) is 0 Å². The Morgan fingerprint density at radius 1 is 0.378 bits per heavy atom. The summed E-state index contributed by atoms with van der Waals surface area (Å²) in [5, 5.41) is 17.6. The van der Waals surface area contributed by atoms with Gasteiger partial charge in [0.1, 0.15) is 0 Å². The molecule has 0 unspecified atom stereocenters. The molecular formula is C40H31NO4. The van der Waals surface area contributed by atoms with Crippen molar-refractivity contribution in [3.8, 4) is 0 Å². The first-order chi connectivity index (χ1) is 21.9. The van der Waals surface area contributed by atoms with Gasteiger partial charge in [-0.25, -0.2) is 9.59 Å². The molecule has 0 radical (unpaired) electrons. The van der Waals surface area contributed by atoms with Gasteiger partial charge in [-0.1, -0.05) is 115 Å².